The van der Waals surface area contributed by atoms with Crippen LogP contribution in [0.25, 0.3) is 28.1 Å². The largest absolute Gasteiger partial charge is 0.383 e. The number of aromatic nitrogens is 6. The van der Waals surface area contributed by atoms with E-state index in [1.165, 1.54) is 17.2 Å². The maximum Gasteiger partial charge on any atom is 0.320 e. The summed E-state index contributed by atoms with van der Waals surface area (Å²) in [7, 11) is 4.99. The Morgan fingerprint density at radius 1 is 1.13 bits per heavy atom. The number of carbonyl (C=O) groups is 2. The lowest BCUT2D eigenvalue weighted by molar-refractivity contribution is -0.154. The zero-order chi connectivity index (χ0) is 33.1. The van der Waals surface area contributed by atoms with E-state index in [2.05, 4.69) is 25.6 Å². The van der Waals surface area contributed by atoms with Crippen molar-refractivity contribution >= 4 is 28.9 Å². The molecule has 0 spiro atoms. The number of para-hydroxylation sites is 1. The van der Waals surface area contributed by atoms with Crippen LogP contribution in [0.4, 0.5) is 15.0 Å². The molecule has 5 aromatic rings. The van der Waals surface area contributed by atoms with Gasteiger partial charge in [-0.15, -0.1) is 0 Å². The van der Waals surface area contributed by atoms with Crippen molar-refractivity contribution in [3.63, 3.8) is 0 Å². The van der Waals surface area contributed by atoms with Gasteiger partial charge in [-0.1, -0.05) is 18.2 Å². The highest BCUT2D eigenvalue weighted by atomic mass is 19.1. The number of rotatable bonds is 10. The van der Waals surface area contributed by atoms with Crippen LogP contribution < -0.4 is 10.6 Å². The highest BCUT2D eigenvalue weighted by Gasteiger charge is 2.37. The van der Waals surface area contributed by atoms with Gasteiger partial charge in [0.15, 0.2) is 5.65 Å². The number of carbonyl (C=O) groups excluding carboxylic acids is 2. The van der Waals surface area contributed by atoms with E-state index in [1.54, 1.807) is 54.1 Å². The zero-order valence-electron chi connectivity index (χ0n) is 26.4. The standard InChI is InChI=1S/C32H35FN10O4/c1-20-28(22-14-24-31(35-16-22)41(19-36-24)18-27(44)40(2)3)39-43(23-8-6-5-7-9-23)30(20)38-32(45)37-25-17-42(12-13-46-4)47-29(25)21-10-11-34-26(33)15-21/h5-11,14-16,19,25,29H,12-13,17-18H2,1-4H3,(H2,37,38,45)/t25-,29+/m1/s1. The minimum atomic E-state index is -0.642. The van der Waals surface area contributed by atoms with Gasteiger partial charge >= 0.3 is 6.03 Å². The van der Waals surface area contributed by atoms with Gasteiger partial charge in [0, 0.05) is 57.8 Å². The number of hydrogen-bond acceptors (Lipinski definition) is 9. The second kappa shape index (κ2) is 13.6. The Bertz CT molecular complexity index is 1890. The molecule has 2 atom stereocenters. The van der Waals surface area contributed by atoms with Crippen LogP contribution in [0.5, 0.6) is 0 Å². The number of amides is 3. The van der Waals surface area contributed by atoms with Gasteiger partial charge in [0.2, 0.25) is 11.9 Å². The van der Waals surface area contributed by atoms with Crippen molar-refractivity contribution in [3.05, 3.63) is 84.3 Å². The fraction of sp³-hybridized carbons (Fsp3) is 0.312. The summed E-state index contributed by atoms with van der Waals surface area (Å²) in [5.41, 5.74) is 4.44. The van der Waals surface area contributed by atoms with Crippen LogP contribution in [0, 0.1) is 12.9 Å². The van der Waals surface area contributed by atoms with Crippen LogP contribution in [0.1, 0.15) is 17.2 Å². The fourth-order valence-corrected chi connectivity index (χ4v) is 5.40. The molecular weight excluding hydrogens is 607 g/mol. The maximum absolute atomic E-state index is 14.0. The number of imidazole rings is 1. The van der Waals surface area contributed by atoms with Crippen molar-refractivity contribution in [1.82, 2.24) is 44.6 Å². The van der Waals surface area contributed by atoms with E-state index in [9.17, 15) is 14.0 Å². The number of urea groups is 1. The van der Waals surface area contributed by atoms with Crippen LogP contribution in [0.2, 0.25) is 0 Å². The molecule has 1 aliphatic rings. The average molecular weight is 643 g/mol. The van der Waals surface area contributed by atoms with E-state index in [1.807, 2.05) is 43.3 Å². The highest BCUT2D eigenvalue weighted by Crippen LogP contribution is 2.32. The minimum Gasteiger partial charge on any atom is -0.383 e. The van der Waals surface area contributed by atoms with Crippen molar-refractivity contribution < 1.29 is 23.6 Å². The Morgan fingerprint density at radius 3 is 2.68 bits per heavy atom. The normalized spacial score (nSPS) is 16.4. The number of halogens is 1. The topological polar surface area (TPSA) is 145 Å². The molecule has 4 aromatic heterocycles. The number of fused-ring (bicyclic) bond motifs is 1. The van der Waals surface area contributed by atoms with Crippen LogP contribution >= 0.6 is 0 Å². The van der Waals surface area contributed by atoms with Crippen molar-refractivity contribution in [3.8, 4) is 16.9 Å². The quantitative estimate of drug-likeness (QED) is 0.219. The summed E-state index contributed by atoms with van der Waals surface area (Å²) in [6.45, 7) is 3.22. The molecule has 0 saturated carbocycles. The molecule has 244 valence electrons. The Kier molecular flexibility index (Phi) is 9.19. The lowest BCUT2D eigenvalue weighted by Crippen LogP contribution is -2.42. The number of anilines is 1. The predicted molar refractivity (Wildman–Crippen MR) is 171 cm³/mol. The lowest BCUT2D eigenvalue weighted by atomic mass is 10.0. The molecule has 0 unspecified atom stereocenters. The first-order valence-electron chi connectivity index (χ1n) is 15.0. The third kappa shape index (κ3) is 6.82. The number of nitrogens with zero attached hydrogens (tertiary/aromatic N) is 8. The minimum absolute atomic E-state index is 0.0762. The van der Waals surface area contributed by atoms with Gasteiger partial charge in [-0.2, -0.15) is 14.6 Å². The van der Waals surface area contributed by atoms with Gasteiger partial charge in [0.1, 0.15) is 24.0 Å². The van der Waals surface area contributed by atoms with Crippen molar-refractivity contribution in [2.45, 2.75) is 25.6 Å². The second-order valence-corrected chi connectivity index (χ2v) is 11.3. The molecule has 1 aromatic carbocycles. The molecule has 1 fully saturated rings. The van der Waals surface area contributed by atoms with E-state index in [0.29, 0.717) is 59.1 Å². The number of pyridine rings is 2. The molecule has 0 aliphatic carbocycles. The summed E-state index contributed by atoms with van der Waals surface area (Å²) in [4.78, 5) is 46.2. The Balaban J connectivity index is 1.29. The van der Waals surface area contributed by atoms with E-state index in [0.717, 1.165) is 5.69 Å². The molecule has 14 nitrogen and oxygen atoms in total. The molecule has 3 amide bonds. The van der Waals surface area contributed by atoms with E-state index >= 15 is 0 Å². The van der Waals surface area contributed by atoms with Crippen molar-refractivity contribution in [2.75, 3.05) is 46.2 Å². The number of likely N-dealkylation sites (N-methyl/N-ethyl adjacent to an activating group) is 1. The molecule has 5 heterocycles. The van der Waals surface area contributed by atoms with Gasteiger partial charge in [0.25, 0.3) is 0 Å². The molecule has 0 bridgehead atoms. The second-order valence-electron chi connectivity index (χ2n) is 11.3. The number of methoxy groups -OCH3 is 1. The third-order valence-electron chi connectivity index (χ3n) is 7.86. The van der Waals surface area contributed by atoms with Crippen LogP contribution in [-0.4, -0.2) is 98.1 Å². The Morgan fingerprint density at radius 2 is 1.94 bits per heavy atom. The third-order valence-corrected chi connectivity index (χ3v) is 7.86. The van der Waals surface area contributed by atoms with Crippen LogP contribution in [0.3, 0.4) is 0 Å². The van der Waals surface area contributed by atoms with E-state index < -0.39 is 24.1 Å². The van der Waals surface area contributed by atoms with Gasteiger partial charge in [0.05, 0.1) is 30.4 Å². The highest BCUT2D eigenvalue weighted by molar-refractivity contribution is 5.91. The fourth-order valence-electron chi connectivity index (χ4n) is 5.40. The summed E-state index contributed by atoms with van der Waals surface area (Å²) in [6.07, 6.45) is 3.99. The number of ether oxygens (including phenoxy) is 1. The van der Waals surface area contributed by atoms with Gasteiger partial charge in [-0.05, 0) is 42.8 Å². The summed E-state index contributed by atoms with van der Waals surface area (Å²) in [5, 5.41) is 12.6. The first kappa shape index (κ1) is 31.7. The Labute approximate surface area is 270 Å². The van der Waals surface area contributed by atoms with Crippen LogP contribution in [0.15, 0.2) is 67.3 Å². The Hall–Kier alpha value is -5.25. The first-order chi connectivity index (χ1) is 22.7. The lowest BCUT2D eigenvalue weighted by Gasteiger charge is -2.19. The molecule has 15 heteroatoms. The number of hydroxylamine groups is 2. The molecular formula is C32H35FN10O4. The molecule has 1 saturated heterocycles. The van der Waals surface area contributed by atoms with Crippen molar-refractivity contribution in [1.29, 1.82) is 0 Å². The maximum atomic E-state index is 14.0. The SMILES string of the molecule is COCCN1C[C@@H](NC(=O)Nc2c(C)c(-c3cnc4c(c3)ncn4CC(=O)N(C)C)nn2-c2ccccc2)[C@H](c2ccnc(F)c2)O1. The van der Waals surface area contributed by atoms with E-state index in [4.69, 9.17) is 14.7 Å². The van der Waals surface area contributed by atoms with Crippen LogP contribution in [-0.2, 0) is 20.9 Å². The molecule has 47 heavy (non-hydrogen) atoms. The summed E-state index contributed by atoms with van der Waals surface area (Å²) in [6, 6.07) is 13.2. The van der Waals surface area contributed by atoms with E-state index in [-0.39, 0.29) is 12.5 Å². The van der Waals surface area contributed by atoms with Gasteiger partial charge in [-0.3, -0.25) is 14.9 Å². The van der Waals surface area contributed by atoms with Gasteiger partial charge < -0.3 is 19.5 Å². The van der Waals surface area contributed by atoms with Gasteiger partial charge in [-0.25, -0.2) is 24.4 Å². The predicted octanol–water partition coefficient (Wildman–Crippen LogP) is 3.34. The number of hydrogen-bond donors (Lipinski definition) is 2. The number of nitrogens with one attached hydrogen (secondary N) is 2. The smallest absolute Gasteiger partial charge is 0.320 e. The monoisotopic (exact) mass is 642 g/mol. The zero-order valence-corrected chi connectivity index (χ0v) is 26.4. The molecule has 1 aliphatic heterocycles. The number of benzene rings is 1. The summed E-state index contributed by atoms with van der Waals surface area (Å²) in [5.74, 6) is -0.263. The molecule has 2 N–H and O–H groups in total. The summed E-state index contributed by atoms with van der Waals surface area (Å²) < 4.78 is 22.6. The average Bonchev–Trinajstić information content (AvgIpc) is 3.75. The first-order valence-corrected chi connectivity index (χ1v) is 15.0. The van der Waals surface area contributed by atoms with Crippen molar-refractivity contribution in [2.24, 2.45) is 0 Å². The summed E-state index contributed by atoms with van der Waals surface area (Å²) >= 11 is 0. The molecule has 6 rings (SSSR count). The molecule has 0 radical (unpaired) electrons.